The quantitative estimate of drug-likeness (QED) is 0.0536. The number of anilines is 4. The molecular formula is C19H23N10O5S3+. The Morgan fingerprint density at radius 1 is 1.35 bits per heavy atom. The van der Waals surface area contributed by atoms with Crippen LogP contribution in [0.1, 0.15) is 5.69 Å². The number of carbonyl (C=O) groups excluding carboxylic acids is 2. The van der Waals surface area contributed by atoms with E-state index < -0.39 is 29.2 Å². The predicted molar refractivity (Wildman–Crippen MR) is 139 cm³/mol. The third-order valence-corrected chi connectivity index (χ3v) is 8.62. The Hall–Kier alpha value is -3.77. The monoisotopic (exact) mass is 567 g/mol. The van der Waals surface area contributed by atoms with Crippen LogP contribution in [0.25, 0.3) is 0 Å². The molecule has 2 atom stereocenters. The second-order valence-electron chi connectivity index (χ2n) is 7.74. The van der Waals surface area contributed by atoms with Crippen molar-refractivity contribution in [2.75, 3.05) is 41.6 Å². The molecule has 15 nitrogen and oxygen atoms in total. The highest BCUT2D eigenvalue weighted by Gasteiger charge is 2.54. The van der Waals surface area contributed by atoms with Crippen LogP contribution in [-0.4, -0.2) is 73.5 Å². The molecule has 1 fully saturated rings. The van der Waals surface area contributed by atoms with Crippen LogP contribution in [0.15, 0.2) is 27.0 Å². The van der Waals surface area contributed by atoms with Crippen molar-refractivity contribution in [2.45, 2.75) is 16.6 Å². The summed E-state index contributed by atoms with van der Waals surface area (Å²) in [6.07, 6.45) is 0. The van der Waals surface area contributed by atoms with E-state index in [1.807, 2.05) is 0 Å². The Bertz CT molecular complexity index is 1360. The lowest BCUT2D eigenvalue weighted by molar-refractivity contribution is -0.698. The molecule has 0 radical (unpaired) electrons. The molecule has 0 aromatic carbocycles. The zero-order chi connectivity index (χ0) is 27.0. The van der Waals surface area contributed by atoms with E-state index in [9.17, 15) is 19.5 Å². The molecule has 4 heterocycles. The normalized spacial score (nSPS) is 19.4. The predicted octanol–water partition coefficient (Wildman–Crippen LogP) is -1.43. The van der Waals surface area contributed by atoms with Crippen molar-refractivity contribution in [2.24, 2.45) is 12.2 Å². The summed E-state index contributed by atoms with van der Waals surface area (Å²) in [7, 11) is 2.92. The third kappa shape index (κ3) is 4.81. The van der Waals surface area contributed by atoms with Crippen molar-refractivity contribution in [3.63, 3.8) is 0 Å². The average Bonchev–Trinajstić information content (AvgIpc) is 3.30. The van der Waals surface area contributed by atoms with Gasteiger partial charge in [-0.05, 0) is 17.3 Å². The molecule has 1 saturated heterocycles. The number of amides is 2. The van der Waals surface area contributed by atoms with Gasteiger partial charge in [-0.2, -0.15) is 0 Å². The van der Waals surface area contributed by atoms with Gasteiger partial charge in [0.2, 0.25) is 11.6 Å². The van der Waals surface area contributed by atoms with Crippen molar-refractivity contribution < 1.29 is 28.9 Å². The van der Waals surface area contributed by atoms with E-state index in [-0.39, 0.29) is 45.3 Å². The maximum atomic E-state index is 13.0. The number of thiazole rings is 1. The first-order valence-electron chi connectivity index (χ1n) is 10.4. The summed E-state index contributed by atoms with van der Waals surface area (Å²) in [4.78, 5) is 52.2. The largest absolute Gasteiger partial charge is 0.477 e. The van der Waals surface area contributed by atoms with E-state index >= 15 is 0 Å². The molecule has 2 aliphatic rings. The smallest absolute Gasteiger partial charge is 0.352 e. The number of nitrogens with two attached hydrogens (primary N) is 4. The summed E-state index contributed by atoms with van der Waals surface area (Å²) in [5, 5.41) is 17.8. The van der Waals surface area contributed by atoms with E-state index in [1.54, 1.807) is 11.6 Å². The van der Waals surface area contributed by atoms with E-state index in [2.05, 4.69) is 20.4 Å². The number of oxime groups is 1. The van der Waals surface area contributed by atoms with Crippen molar-refractivity contribution >= 4 is 80.8 Å². The number of carbonyl (C=O) groups is 3. The number of hydrogen-bond donors (Lipinski definition) is 6. The van der Waals surface area contributed by atoms with Gasteiger partial charge in [-0.25, -0.2) is 14.3 Å². The van der Waals surface area contributed by atoms with Gasteiger partial charge in [0.25, 0.3) is 11.8 Å². The Morgan fingerprint density at radius 3 is 2.70 bits per heavy atom. The number of nitrogens with one attached hydrogen (secondary N) is 1. The maximum Gasteiger partial charge on any atom is 0.352 e. The minimum atomic E-state index is -1.26. The van der Waals surface area contributed by atoms with Crippen molar-refractivity contribution in [3.8, 4) is 0 Å². The molecule has 37 heavy (non-hydrogen) atoms. The van der Waals surface area contributed by atoms with Crippen LogP contribution in [-0.2, 0) is 26.3 Å². The summed E-state index contributed by atoms with van der Waals surface area (Å²) in [5.74, 6) is -1.71. The molecule has 2 aromatic heterocycles. The molecular weight excluding hydrogens is 544 g/mol. The minimum Gasteiger partial charge on any atom is -0.477 e. The van der Waals surface area contributed by atoms with Crippen molar-refractivity contribution in [3.05, 3.63) is 22.3 Å². The average molecular weight is 568 g/mol. The van der Waals surface area contributed by atoms with E-state index in [0.29, 0.717) is 16.5 Å². The number of thioether (sulfide) groups is 2. The van der Waals surface area contributed by atoms with Crippen LogP contribution >= 0.6 is 34.9 Å². The number of nitrogen functional groups attached to an aromatic ring is 4. The molecule has 1 unspecified atom stereocenters. The molecule has 0 saturated carbocycles. The number of aromatic nitrogens is 3. The lowest BCUT2D eigenvalue weighted by Gasteiger charge is -2.49. The standard InChI is InChI=1S/C19H22N10O5S3/c1-28-13(22)8(20)12(21)26-19(28)37-4-6-3-35-16-10(15(31)29(16)11(6)17(32)33)25-14(30)9(27-34-2)7-5-36-18(23)24-7/h5,10,16H,3-4H2,1-2H3,(H9,20,21,22,23,24,25,27,30,32,33)/p+1/t10?,16-/m1/s1. The molecule has 18 heteroatoms. The molecule has 196 valence electrons. The van der Waals surface area contributed by atoms with Crippen LogP contribution in [0.3, 0.4) is 0 Å². The summed E-state index contributed by atoms with van der Waals surface area (Å²) < 4.78 is 1.55. The lowest BCUT2D eigenvalue weighted by atomic mass is 10.0. The summed E-state index contributed by atoms with van der Waals surface area (Å²) >= 11 is 3.65. The van der Waals surface area contributed by atoms with Crippen LogP contribution in [0.2, 0.25) is 0 Å². The summed E-state index contributed by atoms with van der Waals surface area (Å²) in [6.45, 7) is 0. The number of carboxylic acid groups (broad SMARTS) is 1. The van der Waals surface area contributed by atoms with E-state index in [0.717, 1.165) is 11.3 Å². The third-order valence-electron chi connectivity index (χ3n) is 5.49. The minimum absolute atomic E-state index is 0.0665. The van der Waals surface area contributed by atoms with Gasteiger partial charge in [0, 0.05) is 16.9 Å². The molecule has 0 spiro atoms. The number of β-lactam (4-membered cyclic amide) rings is 1. The van der Waals surface area contributed by atoms with Gasteiger partial charge in [0.15, 0.2) is 16.5 Å². The highest BCUT2D eigenvalue weighted by atomic mass is 32.2. The van der Waals surface area contributed by atoms with Crippen molar-refractivity contribution in [1.82, 2.24) is 20.2 Å². The van der Waals surface area contributed by atoms with Gasteiger partial charge in [-0.15, -0.1) is 23.1 Å². The van der Waals surface area contributed by atoms with E-state index in [1.165, 1.54) is 40.9 Å². The fourth-order valence-corrected chi connectivity index (χ4v) is 6.65. The first-order chi connectivity index (χ1) is 17.5. The zero-order valence-electron chi connectivity index (χ0n) is 19.5. The second-order valence-corrected chi connectivity index (χ2v) is 10.7. The van der Waals surface area contributed by atoms with Crippen LogP contribution in [0, 0.1) is 0 Å². The van der Waals surface area contributed by atoms with Gasteiger partial charge >= 0.3 is 11.1 Å². The fraction of sp³-hybridized carbons (Fsp3) is 0.316. The topological polar surface area (TPSA) is 242 Å². The van der Waals surface area contributed by atoms with Gasteiger partial charge in [-0.3, -0.25) is 14.5 Å². The van der Waals surface area contributed by atoms with Crippen LogP contribution < -0.4 is 32.8 Å². The molecule has 2 amide bonds. The number of rotatable bonds is 8. The molecule has 2 aromatic rings. The fourth-order valence-electron chi connectivity index (χ4n) is 3.63. The zero-order valence-corrected chi connectivity index (χ0v) is 21.9. The van der Waals surface area contributed by atoms with Gasteiger partial charge < -0.3 is 38.2 Å². The van der Waals surface area contributed by atoms with Crippen LogP contribution in [0.4, 0.5) is 22.5 Å². The lowest BCUT2D eigenvalue weighted by Crippen LogP contribution is -2.71. The maximum absolute atomic E-state index is 13.0. The molecule has 4 rings (SSSR count). The van der Waals surface area contributed by atoms with Gasteiger partial charge in [-0.1, -0.05) is 10.1 Å². The number of fused-ring (bicyclic) bond motifs is 1. The first-order valence-corrected chi connectivity index (χ1v) is 13.3. The Balaban J connectivity index is 1.51. The number of hydrogen-bond acceptors (Lipinski definition) is 14. The van der Waals surface area contributed by atoms with Crippen LogP contribution in [0.5, 0.6) is 0 Å². The number of aliphatic carboxylic acids is 1. The van der Waals surface area contributed by atoms with E-state index in [4.69, 9.17) is 27.8 Å². The highest BCUT2D eigenvalue weighted by molar-refractivity contribution is 8.01. The molecule has 10 N–H and O–H groups in total. The van der Waals surface area contributed by atoms with Gasteiger partial charge in [0.05, 0.1) is 7.05 Å². The van der Waals surface area contributed by atoms with Gasteiger partial charge in [0.1, 0.15) is 29.9 Å². The highest BCUT2D eigenvalue weighted by Crippen LogP contribution is 2.41. The first kappa shape index (κ1) is 26.3. The number of carboxylic acids is 1. The summed E-state index contributed by atoms with van der Waals surface area (Å²) in [6, 6.07) is -0.963. The number of nitrogens with zero attached hydrogens (tertiary/aromatic N) is 5. The Kier molecular flexibility index (Phi) is 7.32. The SMILES string of the molecule is CO/N=C(\C(=O)NC1C(=O)N2C(C(=O)O)=C(CSc3nc(N)c(N)c(N)[n+]3C)CS[C@H]12)c1csc(N)n1. The second kappa shape index (κ2) is 10.3. The molecule has 0 aliphatic carbocycles. The molecule has 0 bridgehead atoms. The van der Waals surface area contributed by atoms with Crippen molar-refractivity contribution in [1.29, 1.82) is 0 Å². The Morgan fingerprint density at radius 2 is 2.08 bits per heavy atom. The molecule has 2 aliphatic heterocycles. The summed E-state index contributed by atoms with van der Waals surface area (Å²) in [5.41, 5.74) is 23.8. The Labute approximate surface area is 222 Å².